The third-order valence-electron chi connectivity index (χ3n) is 3.77. The molecular weight excluding hydrogens is 408 g/mol. The van der Waals surface area contributed by atoms with Crippen LogP contribution >= 0.6 is 24.0 Å². The van der Waals surface area contributed by atoms with E-state index in [-0.39, 0.29) is 29.8 Å². The number of hydrogen-bond donors (Lipinski definition) is 2. The average Bonchev–Trinajstić information content (AvgIpc) is 3.01. The second-order valence-corrected chi connectivity index (χ2v) is 5.63. The summed E-state index contributed by atoms with van der Waals surface area (Å²) in [4.78, 5) is 4.55. The van der Waals surface area contributed by atoms with Gasteiger partial charge in [-0.3, -0.25) is 0 Å². The zero-order valence-electron chi connectivity index (χ0n) is 13.9. The highest BCUT2D eigenvalue weighted by molar-refractivity contribution is 14.0. The quantitative estimate of drug-likeness (QED) is 0.409. The van der Waals surface area contributed by atoms with Crippen LogP contribution in [-0.2, 0) is 11.3 Å². The van der Waals surface area contributed by atoms with Gasteiger partial charge in [-0.2, -0.15) is 0 Å². The Morgan fingerprint density at radius 1 is 1.39 bits per heavy atom. The number of aliphatic imine (C=N–C) groups is 1. The van der Waals surface area contributed by atoms with Crippen LogP contribution in [0.4, 0.5) is 4.39 Å². The van der Waals surface area contributed by atoms with E-state index in [0.29, 0.717) is 18.2 Å². The zero-order chi connectivity index (χ0) is 15.8. The minimum Gasteiger partial charge on any atom is -0.378 e. The molecule has 0 bridgehead atoms. The molecular formula is C17H27FIN3O. The number of benzene rings is 1. The van der Waals surface area contributed by atoms with Crippen molar-refractivity contribution in [3.05, 3.63) is 35.1 Å². The first-order chi connectivity index (χ1) is 10.7. The summed E-state index contributed by atoms with van der Waals surface area (Å²) in [5.41, 5.74) is 1.67. The predicted octanol–water partition coefficient (Wildman–Crippen LogP) is 3.38. The van der Waals surface area contributed by atoms with E-state index in [2.05, 4.69) is 15.6 Å². The number of nitrogens with zero attached hydrogens (tertiary/aromatic N) is 1. The van der Waals surface area contributed by atoms with Crippen molar-refractivity contribution in [3.63, 3.8) is 0 Å². The number of ether oxygens (including phenoxy) is 1. The van der Waals surface area contributed by atoms with Crippen molar-refractivity contribution in [2.45, 2.75) is 45.8 Å². The summed E-state index contributed by atoms with van der Waals surface area (Å²) in [6.07, 6.45) is 3.71. The number of guanidine groups is 1. The summed E-state index contributed by atoms with van der Waals surface area (Å²) in [5.74, 6) is 0.622. The Balaban J connectivity index is 0.00000264. The Morgan fingerprint density at radius 2 is 2.22 bits per heavy atom. The van der Waals surface area contributed by atoms with Gasteiger partial charge >= 0.3 is 0 Å². The monoisotopic (exact) mass is 435 g/mol. The lowest BCUT2D eigenvalue weighted by molar-refractivity contribution is 0.105. The molecule has 1 unspecified atom stereocenters. The van der Waals surface area contributed by atoms with Gasteiger partial charge in [0.1, 0.15) is 5.82 Å². The summed E-state index contributed by atoms with van der Waals surface area (Å²) in [7, 11) is 0. The summed E-state index contributed by atoms with van der Waals surface area (Å²) in [5, 5.41) is 6.56. The third kappa shape index (κ3) is 7.03. The fraction of sp³-hybridized carbons (Fsp3) is 0.588. The average molecular weight is 435 g/mol. The topological polar surface area (TPSA) is 45.7 Å². The molecule has 6 heteroatoms. The molecule has 23 heavy (non-hydrogen) atoms. The Hall–Kier alpha value is -0.890. The molecule has 1 atom stereocenters. The molecule has 130 valence electrons. The first-order valence-corrected chi connectivity index (χ1v) is 8.08. The summed E-state index contributed by atoms with van der Waals surface area (Å²) in [6.45, 7) is 6.90. The SMILES string of the molecule is CCNC(=NCc1ccc(F)c(C)c1)NCCC1CCCO1.I. The van der Waals surface area contributed by atoms with Crippen molar-refractivity contribution < 1.29 is 9.13 Å². The maximum Gasteiger partial charge on any atom is 0.191 e. The predicted molar refractivity (Wildman–Crippen MR) is 103 cm³/mol. The molecule has 1 aliphatic rings. The highest BCUT2D eigenvalue weighted by atomic mass is 127. The Bertz CT molecular complexity index is 505. The second-order valence-electron chi connectivity index (χ2n) is 5.63. The van der Waals surface area contributed by atoms with Crippen LogP contribution in [0.5, 0.6) is 0 Å². The Morgan fingerprint density at radius 3 is 2.87 bits per heavy atom. The van der Waals surface area contributed by atoms with Gasteiger partial charge in [0.2, 0.25) is 0 Å². The molecule has 2 N–H and O–H groups in total. The molecule has 1 aliphatic heterocycles. The van der Waals surface area contributed by atoms with Crippen LogP contribution in [-0.4, -0.2) is 31.8 Å². The van der Waals surface area contributed by atoms with E-state index in [9.17, 15) is 4.39 Å². The van der Waals surface area contributed by atoms with Gasteiger partial charge in [0, 0.05) is 19.7 Å². The van der Waals surface area contributed by atoms with Gasteiger partial charge in [-0.05, 0) is 50.3 Å². The minimum absolute atomic E-state index is 0. The molecule has 1 aromatic rings. The standard InChI is InChI=1S/C17H26FN3O.HI/c1-3-19-17(20-9-8-15-5-4-10-22-15)21-12-14-6-7-16(18)13(2)11-14;/h6-7,11,15H,3-5,8-10,12H2,1-2H3,(H2,19,20,21);1H. The highest BCUT2D eigenvalue weighted by Gasteiger charge is 2.14. The van der Waals surface area contributed by atoms with Gasteiger partial charge in [0.05, 0.1) is 12.6 Å². The molecule has 1 aromatic carbocycles. The van der Waals surface area contributed by atoms with Crippen molar-refractivity contribution in [1.82, 2.24) is 10.6 Å². The van der Waals surface area contributed by atoms with E-state index < -0.39 is 0 Å². The molecule has 0 spiro atoms. The van der Waals surface area contributed by atoms with E-state index in [0.717, 1.165) is 44.1 Å². The van der Waals surface area contributed by atoms with Crippen molar-refractivity contribution in [1.29, 1.82) is 0 Å². The van der Waals surface area contributed by atoms with Gasteiger partial charge in [0.25, 0.3) is 0 Å². The van der Waals surface area contributed by atoms with Gasteiger partial charge in [-0.15, -0.1) is 24.0 Å². The lowest BCUT2D eigenvalue weighted by Gasteiger charge is -2.13. The number of nitrogens with one attached hydrogen (secondary N) is 2. The van der Waals surface area contributed by atoms with E-state index in [4.69, 9.17) is 4.74 Å². The fourth-order valence-electron chi connectivity index (χ4n) is 2.54. The van der Waals surface area contributed by atoms with E-state index in [1.54, 1.807) is 13.0 Å². The molecule has 4 nitrogen and oxygen atoms in total. The normalized spacial score (nSPS) is 17.7. The minimum atomic E-state index is -0.172. The lowest BCUT2D eigenvalue weighted by Crippen LogP contribution is -2.38. The van der Waals surface area contributed by atoms with Crippen molar-refractivity contribution >= 4 is 29.9 Å². The number of rotatable bonds is 6. The maximum atomic E-state index is 13.3. The van der Waals surface area contributed by atoms with E-state index in [1.807, 2.05) is 13.0 Å². The van der Waals surface area contributed by atoms with Crippen LogP contribution in [0.2, 0.25) is 0 Å². The van der Waals surface area contributed by atoms with E-state index in [1.165, 1.54) is 12.5 Å². The summed E-state index contributed by atoms with van der Waals surface area (Å²) >= 11 is 0. The van der Waals surface area contributed by atoms with Gasteiger partial charge in [-0.1, -0.05) is 12.1 Å². The first-order valence-electron chi connectivity index (χ1n) is 8.08. The summed E-state index contributed by atoms with van der Waals surface area (Å²) in [6, 6.07) is 5.12. The van der Waals surface area contributed by atoms with Crippen LogP contribution in [0.1, 0.15) is 37.3 Å². The van der Waals surface area contributed by atoms with Gasteiger partial charge in [-0.25, -0.2) is 9.38 Å². The molecule has 2 rings (SSSR count). The molecule has 0 saturated carbocycles. The van der Waals surface area contributed by atoms with Crippen molar-refractivity contribution in [2.24, 2.45) is 4.99 Å². The molecule has 1 fully saturated rings. The zero-order valence-corrected chi connectivity index (χ0v) is 16.2. The van der Waals surface area contributed by atoms with Crippen molar-refractivity contribution in [3.8, 4) is 0 Å². The van der Waals surface area contributed by atoms with Gasteiger partial charge < -0.3 is 15.4 Å². The molecule has 1 saturated heterocycles. The molecule has 1 heterocycles. The third-order valence-corrected chi connectivity index (χ3v) is 3.77. The molecule has 0 radical (unpaired) electrons. The largest absolute Gasteiger partial charge is 0.378 e. The molecule has 0 amide bonds. The molecule has 0 aromatic heterocycles. The van der Waals surface area contributed by atoms with Gasteiger partial charge in [0.15, 0.2) is 5.96 Å². The fourth-order valence-corrected chi connectivity index (χ4v) is 2.54. The smallest absolute Gasteiger partial charge is 0.191 e. The Kier molecular flexibility index (Phi) is 9.47. The number of halogens is 2. The van der Waals surface area contributed by atoms with Crippen LogP contribution in [0.25, 0.3) is 0 Å². The number of hydrogen-bond acceptors (Lipinski definition) is 2. The highest BCUT2D eigenvalue weighted by Crippen LogP contribution is 2.14. The maximum absolute atomic E-state index is 13.3. The number of aryl methyl sites for hydroxylation is 1. The first kappa shape index (κ1) is 20.2. The summed E-state index contributed by atoms with van der Waals surface area (Å²) < 4.78 is 18.9. The van der Waals surface area contributed by atoms with Crippen LogP contribution in [0.3, 0.4) is 0 Å². The lowest BCUT2D eigenvalue weighted by atomic mass is 10.1. The van der Waals surface area contributed by atoms with E-state index >= 15 is 0 Å². The van der Waals surface area contributed by atoms with Crippen LogP contribution in [0.15, 0.2) is 23.2 Å². The van der Waals surface area contributed by atoms with Crippen LogP contribution in [0, 0.1) is 12.7 Å². The van der Waals surface area contributed by atoms with Crippen molar-refractivity contribution in [2.75, 3.05) is 19.7 Å². The Labute approximate surface area is 155 Å². The second kappa shape index (κ2) is 10.8. The van der Waals surface area contributed by atoms with Crippen LogP contribution < -0.4 is 10.6 Å². The molecule has 0 aliphatic carbocycles.